The van der Waals surface area contributed by atoms with Crippen LogP contribution in [0.15, 0.2) is 54.6 Å². The smallest absolute Gasteiger partial charge is 0.246 e. The number of benzene rings is 2. The highest BCUT2D eigenvalue weighted by atomic mass is 16.2. The van der Waals surface area contributed by atoms with Crippen LogP contribution in [0.1, 0.15) is 16.1 Å². The molecule has 23 heavy (non-hydrogen) atoms. The quantitative estimate of drug-likeness (QED) is 0.693. The molecule has 0 aliphatic rings. The zero-order valence-electron chi connectivity index (χ0n) is 13.2. The second kappa shape index (κ2) is 6.08. The Hall–Kier alpha value is -2.88. The molecule has 3 aromatic rings. The summed E-state index contributed by atoms with van der Waals surface area (Å²) in [5, 5.41) is 0.884. The second-order valence-electron chi connectivity index (χ2n) is 5.51. The first-order valence-electron chi connectivity index (χ1n) is 7.48. The molecule has 0 saturated heterocycles. The minimum absolute atomic E-state index is 0.0301. The van der Waals surface area contributed by atoms with E-state index in [-0.39, 0.29) is 12.5 Å². The van der Waals surface area contributed by atoms with Crippen molar-refractivity contribution in [2.45, 2.75) is 13.5 Å². The van der Waals surface area contributed by atoms with E-state index in [1.165, 1.54) is 0 Å². The molecule has 116 valence electrons. The summed E-state index contributed by atoms with van der Waals surface area (Å²) < 4.78 is 1.90. The molecule has 0 unspecified atom stereocenters. The molecule has 1 aromatic heterocycles. The van der Waals surface area contributed by atoms with Gasteiger partial charge in [0.2, 0.25) is 5.91 Å². The minimum atomic E-state index is -0.0301. The fraction of sp³-hybridized carbons (Fsp3) is 0.158. The number of hydrogen-bond donors (Lipinski definition) is 0. The normalized spacial score (nSPS) is 10.7. The summed E-state index contributed by atoms with van der Waals surface area (Å²) in [6.07, 6.45) is 0.861. The summed E-state index contributed by atoms with van der Waals surface area (Å²) in [5.74, 6) is -0.0301. The highest BCUT2D eigenvalue weighted by Gasteiger charge is 2.17. The van der Waals surface area contributed by atoms with Gasteiger partial charge >= 0.3 is 0 Å². The van der Waals surface area contributed by atoms with Crippen LogP contribution < -0.4 is 4.90 Å². The largest absolute Gasteiger partial charge is 0.335 e. The summed E-state index contributed by atoms with van der Waals surface area (Å²) in [7, 11) is 1.76. The van der Waals surface area contributed by atoms with Gasteiger partial charge in [-0.05, 0) is 25.1 Å². The Balaban J connectivity index is 1.97. The molecule has 1 amide bonds. The molecule has 3 rings (SSSR count). The van der Waals surface area contributed by atoms with Crippen LogP contribution in [0.2, 0.25) is 0 Å². The number of aldehydes is 1. The lowest BCUT2D eigenvalue weighted by molar-refractivity contribution is -0.118. The first-order valence-corrected chi connectivity index (χ1v) is 7.48. The Kier molecular flexibility index (Phi) is 3.98. The third kappa shape index (κ3) is 2.63. The number of anilines is 1. The van der Waals surface area contributed by atoms with E-state index in [0.717, 1.165) is 28.6 Å². The summed E-state index contributed by atoms with van der Waals surface area (Å²) in [5.41, 5.74) is 3.22. The number of carbonyl (C=O) groups excluding carboxylic acids is 2. The molecule has 0 N–H and O–H groups in total. The number of carbonyl (C=O) groups is 2. The zero-order chi connectivity index (χ0) is 16.4. The van der Waals surface area contributed by atoms with Gasteiger partial charge in [0.1, 0.15) is 6.54 Å². The van der Waals surface area contributed by atoms with Crippen LogP contribution in [-0.4, -0.2) is 23.8 Å². The van der Waals surface area contributed by atoms with Gasteiger partial charge in [-0.15, -0.1) is 0 Å². The molecule has 4 heteroatoms. The van der Waals surface area contributed by atoms with Gasteiger partial charge in [-0.1, -0.05) is 36.4 Å². The lowest BCUT2D eigenvalue weighted by atomic mass is 10.1. The summed E-state index contributed by atoms with van der Waals surface area (Å²) >= 11 is 0. The van der Waals surface area contributed by atoms with Crippen LogP contribution in [0.4, 0.5) is 5.69 Å². The van der Waals surface area contributed by atoms with E-state index in [4.69, 9.17) is 0 Å². The molecule has 0 fully saturated rings. The number of nitrogens with zero attached hydrogens (tertiary/aromatic N) is 2. The summed E-state index contributed by atoms with van der Waals surface area (Å²) in [6, 6.07) is 17.2. The summed E-state index contributed by atoms with van der Waals surface area (Å²) in [4.78, 5) is 25.6. The molecule has 0 atom stereocenters. The van der Waals surface area contributed by atoms with Crippen molar-refractivity contribution in [3.8, 4) is 0 Å². The number of hydrogen-bond acceptors (Lipinski definition) is 2. The van der Waals surface area contributed by atoms with Crippen molar-refractivity contribution >= 4 is 28.8 Å². The van der Waals surface area contributed by atoms with Crippen molar-refractivity contribution in [1.82, 2.24) is 4.57 Å². The van der Waals surface area contributed by atoms with E-state index in [0.29, 0.717) is 5.56 Å². The molecule has 1 heterocycles. The first kappa shape index (κ1) is 15.0. The van der Waals surface area contributed by atoms with Crippen LogP contribution in [0.3, 0.4) is 0 Å². The highest BCUT2D eigenvalue weighted by molar-refractivity contribution is 6.01. The minimum Gasteiger partial charge on any atom is -0.335 e. The maximum absolute atomic E-state index is 12.6. The van der Waals surface area contributed by atoms with E-state index < -0.39 is 0 Å². The van der Waals surface area contributed by atoms with Crippen molar-refractivity contribution < 1.29 is 9.59 Å². The third-order valence-corrected chi connectivity index (χ3v) is 4.21. The predicted molar refractivity (Wildman–Crippen MR) is 91.9 cm³/mol. The monoisotopic (exact) mass is 306 g/mol. The molecular formula is C19H18N2O2. The van der Waals surface area contributed by atoms with Gasteiger partial charge in [0.25, 0.3) is 0 Å². The number of amides is 1. The average molecular weight is 306 g/mol. The van der Waals surface area contributed by atoms with E-state index >= 15 is 0 Å². The molecule has 0 aliphatic heterocycles. The van der Waals surface area contributed by atoms with Crippen LogP contribution in [0.25, 0.3) is 10.9 Å². The fourth-order valence-corrected chi connectivity index (χ4v) is 2.85. The standard InChI is InChI=1S/C19H18N2O2/c1-14-17(13-22)16-10-6-7-11-18(16)21(14)12-19(23)20(2)15-8-4-3-5-9-15/h3-11,13H,12H2,1-2H3. The van der Waals surface area contributed by atoms with Crippen molar-refractivity contribution in [3.05, 3.63) is 65.9 Å². The summed E-state index contributed by atoms with van der Waals surface area (Å²) in [6.45, 7) is 2.07. The number of likely N-dealkylation sites (N-methyl/N-ethyl adjacent to an activating group) is 1. The van der Waals surface area contributed by atoms with Gasteiger partial charge in [0.15, 0.2) is 6.29 Å². The van der Waals surface area contributed by atoms with E-state index in [2.05, 4.69) is 0 Å². The van der Waals surface area contributed by atoms with Crippen molar-refractivity contribution in [2.75, 3.05) is 11.9 Å². The fourth-order valence-electron chi connectivity index (χ4n) is 2.85. The van der Waals surface area contributed by atoms with Crippen LogP contribution in [0.5, 0.6) is 0 Å². The molecule has 0 radical (unpaired) electrons. The molecule has 4 nitrogen and oxygen atoms in total. The Morgan fingerprint density at radius 2 is 1.74 bits per heavy atom. The van der Waals surface area contributed by atoms with Crippen LogP contribution in [-0.2, 0) is 11.3 Å². The predicted octanol–water partition coefficient (Wildman–Crippen LogP) is 3.43. The second-order valence-corrected chi connectivity index (χ2v) is 5.51. The zero-order valence-corrected chi connectivity index (χ0v) is 13.2. The van der Waals surface area contributed by atoms with Gasteiger partial charge in [-0.3, -0.25) is 9.59 Å². The van der Waals surface area contributed by atoms with Crippen molar-refractivity contribution in [3.63, 3.8) is 0 Å². The Labute approximate surface area is 134 Å². The highest BCUT2D eigenvalue weighted by Crippen LogP contribution is 2.24. The molecule has 0 aliphatic carbocycles. The SMILES string of the molecule is Cc1c(C=O)c2ccccc2n1CC(=O)N(C)c1ccccc1. The molecule has 0 bridgehead atoms. The van der Waals surface area contributed by atoms with Crippen LogP contribution >= 0.6 is 0 Å². The van der Waals surface area contributed by atoms with Gasteiger partial charge in [-0.25, -0.2) is 0 Å². The first-order chi connectivity index (χ1) is 11.1. The van der Waals surface area contributed by atoms with Crippen LogP contribution in [0, 0.1) is 6.92 Å². The van der Waals surface area contributed by atoms with Crippen molar-refractivity contribution in [1.29, 1.82) is 0 Å². The number of fused-ring (bicyclic) bond motifs is 1. The van der Waals surface area contributed by atoms with E-state index in [1.807, 2.05) is 66.1 Å². The maximum atomic E-state index is 12.6. The molecule has 0 spiro atoms. The lowest BCUT2D eigenvalue weighted by Crippen LogP contribution is -2.30. The lowest BCUT2D eigenvalue weighted by Gasteiger charge is -2.18. The topological polar surface area (TPSA) is 42.3 Å². The molecular weight excluding hydrogens is 288 g/mol. The van der Waals surface area contributed by atoms with E-state index in [1.54, 1.807) is 11.9 Å². The third-order valence-electron chi connectivity index (χ3n) is 4.21. The van der Waals surface area contributed by atoms with Crippen molar-refractivity contribution in [2.24, 2.45) is 0 Å². The Bertz CT molecular complexity index is 866. The van der Waals surface area contributed by atoms with Gasteiger partial charge in [0, 0.05) is 34.9 Å². The average Bonchev–Trinajstić information content (AvgIpc) is 2.86. The number of aromatic nitrogens is 1. The maximum Gasteiger partial charge on any atom is 0.246 e. The molecule has 0 saturated carbocycles. The number of rotatable bonds is 4. The van der Waals surface area contributed by atoms with Gasteiger partial charge in [0.05, 0.1) is 0 Å². The Morgan fingerprint density at radius 3 is 2.43 bits per heavy atom. The van der Waals surface area contributed by atoms with Gasteiger partial charge in [-0.2, -0.15) is 0 Å². The molecule has 2 aromatic carbocycles. The Morgan fingerprint density at radius 1 is 1.09 bits per heavy atom. The van der Waals surface area contributed by atoms with Gasteiger partial charge < -0.3 is 9.47 Å². The number of para-hydroxylation sites is 2. The van der Waals surface area contributed by atoms with E-state index in [9.17, 15) is 9.59 Å².